The van der Waals surface area contributed by atoms with Crippen LogP contribution in [-0.2, 0) is 0 Å². The van der Waals surface area contributed by atoms with Gasteiger partial charge in [0.1, 0.15) is 11.5 Å². The van der Waals surface area contributed by atoms with E-state index in [1.54, 1.807) is 0 Å². The molecule has 20 heavy (non-hydrogen) atoms. The van der Waals surface area contributed by atoms with Crippen LogP contribution >= 0.6 is 0 Å². The van der Waals surface area contributed by atoms with Crippen LogP contribution in [0.5, 0.6) is 0 Å². The predicted octanol–water partition coefficient (Wildman–Crippen LogP) is 3.08. The first kappa shape index (κ1) is 13.8. The Kier molecular flexibility index (Phi) is 3.55. The summed E-state index contributed by atoms with van der Waals surface area (Å²) in [7, 11) is 0. The summed E-state index contributed by atoms with van der Waals surface area (Å²) in [6.45, 7) is 0. The largest absolute Gasteiger partial charge is 0.478 e. The lowest BCUT2D eigenvalue weighted by molar-refractivity contribution is 0.0696. The summed E-state index contributed by atoms with van der Waals surface area (Å²) in [6, 6.07) is 2.30. The van der Waals surface area contributed by atoms with E-state index in [0.29, 0.717) is 0 Å². The summed E-state index contributed by atoms with van der Waals surface area (Å²) in [5.41, 5.74) is -1.19. The van der Waals surface area contributed by atoms with E-state index in [-0.39, 0.29) is 17.4 Å². The minimum absolute atomic E-state index is 0.0802. The number of nitrogens with one attached hydrogen (secondary N) is 1. The van der Waals surface area contributed by atoms with Gasteiger partial charge in [0.15, 0.2) is 23.3 Å². The normalized spacial score (nSPS) is 10.4. The SMILES string of the molecule is O=C(O)c1ccc(Nc2c(F)c(F)cc(F)c2F)nc1. The topological polar surface area (TPSA) is 62.2 Å². The number of aromatic nitrogens is 1. The Morgan fingerprint density at radius 1 is 1.10 bits per heavy atom. The van der Waals surface area contributed by atoms with E-state index >= 15 is 0 Å². The van der Waals surface area contributed by atoms with E-state index in [2.05, 4.69) is 10.3 Å². The van der Waals surface area contributed by atoms with Gasteiger partial charge in [-0.3, -0.25) is 0 Å². The number of carboxylic acid groups (broad SMARTS) is 1. The molecule has 2 N–H and O–H groups in total. The van der Waals surface area contributed by atoms with Gasteiger partial charge in [-0.25, -0.2) is 27.3 Å². The lowest BCUT2D eigenvalue weighted by Gasteiger charge is -2.09. The van der Waals surface area contributed by atoms with E-state index in [1.807, 2.05) is 0 Å². The van der Waals surface area contributed by atoms with Crippen molar-refractivity contribution in [2.24, 2.45) is 0 Å². The molecule has 0 aliphatic carbocycles. The van der Waals surface area contributed by atoms with Crippen molar-refractivity contribution in [2.75, 3.05) is 5.32 Å². The highest BCUT2D eigenvalue weighted by Gasteiger charge is 2.19. The molecule has 8 heteroatoms. The summed E-state index contributed by atoms with van der Waals surface area (Å²) in [5.74, 6) is -7.74. The molecular weight excluding hydrogens is 280 g/mol. The summed E-state index contributed by atoms with van der Waals surface area (Å²) < 4.78 is 52.7. The number of hydrogen-bond donors (Lipinski definition) is 2. The quantitative estimate of drug-likeness (QED) is 0.672. The van der Waals surface area contributed by atoms with Crippen LogP contribution in [0.3, 0.4) is 0 Å². The molecule has 104 valence electrons. The Hall–Kier alpha value is -2.64. The van der Waals surface area contributed by atoms with Gasteiger partial charge in [0.25, 0.3) is 0 Å². The first-order valence-electron chi connectivity index (χ1n) is 5.19. The molecule has 0 saturated carbocycles. The monoisotopic (exact) mass is 286 g/mol. The Morgan fingerprint density at radius 3 is 2.15 bits per heavy atom. The first-order valence-corrected chi connectivity index (χ1v) is 5.19. The maximum atomic E-state index is 13.4. The van der Waals surface area contributed by atoms with Gasteiger partial charge >= 0.3 is 5.97 Å². The molecule has 1 aromatic carbocycles. The Labute approximate surface area is 109 Å². The molecule has 4 nitrogen and oxygen atoms in total. The molecule has 0 unspecified atom stereocenters. The fourth-order valence-corrected chi connectivity index (χ4v) is 1.41. The Morgan fingerprint density at radius 2 is 1.70 bits per heavy atom. The standard InChI is InChI=1S/C12H6F4N2O2/c13-6-3-7(14)10(16)11(9(6)15)18-8-2-1-5(4-17-8)12(19)20/h1-4H,(H,17,18)(H,19,20). The number of anilines is 2. The van der Waals surface area contributed by atoms with Crippen molar-refractivity contribution in [3.05, 3.63) is 53.2 Å². The molecule has 2 aromatic rings. The third-order valence-electron chi connectivity index (χ3n) is 2.38. The van der Waals surface area contributed by atoms with Crippen LogP contribution in [0.1, 0.15) is 10.4 Å². The van der Waals surface area contributed by atoms with E-state index in [9.17, 15) is 22.4 Å². The second-order valence-corrected chi connectivity index (χ2v) is 3.71. The van der Waals surface area contributed by atoms with Crippen LogP contribution in [0.4, 0.5) is 29.1 Å². The van der Waals surface area contributed by atoms with Crippen molar-refractivity contribution in [3.8, 4) is 0 Å². The molecule has 1 heterocycles. The molecule has 0 saturated heterocycles. The molecular formula is C12H6F4N2O2. The molecule has 1 aromatic heterocycles. The number of pyridine rings is 1. The van der Waals surface area contributed by atoms with Gasteiger partial charge in [0, 0.05) is 12.3 Å². The summed E-state index contributed by atoms with van der Waals surface area (Å²) in [5, 5.41) is 10.7. The molecule has 0 fully saturated rings. The Bertz CT molecular complexity index is 648. The zero-order chi connectivity index (χ0) is 14.9. The number of hydrogen-bond acceptors (Lipinski definition) is 3. The van der Waals surface area contributed by atoms with Crippen molar-refractivity contribution >= 4 is 17.5 Å². The van der Waals surface area contributed by atoms with Gasteiger partial charge < -0.3 is 10.4 Å². The highest BCUT2D eigenvalue weighted by Crippen LogP contribution is 2.26. The number of rotatable bonds is 3. The molecule has 0 bridgehead atoms. The first-order chi connectivity index (χ1) is 9.40. The lowest BCUT2D eigenvalue weighted by atomic mass is 10.2. The van der Waals surface area contributed by atoms with Crippen molar-refractivity contribution in [1.82, 2.24) is 4.98 Å². The summed E-state index contributed by atoms with van der Waals surface area (Å²) in [4.78, 5) is 14.2. The molecule has 0 amide bonds. The van der Waals surface area contributed by atoms with E-state index in [0.717, 1.165) is 18.3 Å². The second-order valence-electron chi connectivity index (χ2n) is 3.71. The predicted molar refractivity (Wildman–Crippen MR) is 60.8 cm³/mol. The summed E-state index contributed by atoms with van der Waals surface area (Å²) in [6.07, 6.45) is 0.927. The molecule has 0 spiro atoms. The molecule has 0 radical (unpaired) electrons. The van der Waals surface area contributed by atoms with Crippen LogP contribution < -0.4 is 5.32 Å². The average molecular weight is 286 g/mol. The number of aromatic carboxylic acids is 1. The van der Waals surface area contributed by atoms with E-state index in [4.69, 9.17) is 5.11 Å². The number of benzene rings is 1. The van der Waals surface area contributed by atoms with Crippen LogP contribution in [0.2, 0.25) is 0 Å². The smallest absolute Gasteiger partial charge is 0.337 e. The van der Waals surface area contributed by atoms with Gasteiger partial charge in [-0.1, -0.05) is 0 Å². The van der Waals surface area contributed by atoms with Crippen LogP contribution in [0.25, 0.3) is 0 Å². The molecule has 0 aliphatic heterocycles. The second kappa shape index (κ2) is 5.16. The fraction of sp³-hybridized carbons (Fsp3) is 0. The number of carbonyl (C=O) groups is 1. The number of carboxylic acids is 1. The minimum atomic E-state index is -1.60. The zero-order valence-electron chi connectivity index (χ0n) is 9.62. The maximum Gasteiger partial charge on any atom is 0.337 e. The number of halogens is 4. The fourth-order valence-electron chi connectivity index (χ4n) is 1.41. The molecule has 2 rings (SSSR count). The van der Waals surface area contributed by atoms with Crippen molar-refractivity contribution in [1.29, 1.82) is 0 Å². The summed E-state index contributed by atoms with van der Waals surface area (Å²) >= 11 is 0. The van der Waals surface area contributed by atoms with Crippen molar-refractivity contribution in [2.45, 2.75) is 0 Å². The third-order valence-corrected chi connectivity index (χ3v) is 2.38. The van der Waals surface area contributed by atoms with E-state index < -0.39 is 34.9 Å². The van der Waals surface area contributed by atoms with Gasteiger partial charge in [-0.2, -0.15) is 0 Å². The van der Waals surface area contributed by atoms with Gasteiger partial charge in [-0.05, 0) is 12.1 Å². The molecule has 0 aliphatic rings. The van der Waals surface area contributed by atoms with Crippen LogP contribution in [0.15, 0.2) is 24.4 Å². The van der Waals surface area contributed by atoms with Crippen molar-refractivity contribution < 1.29 is 27.5 Å². The van der Waals surface area contributed by atoms with Crippen LogP contribution in [-0.4, -0.2) is 16.1 Å². The van der Waals surface area contributed by atoms with Gasteiger partial charge in [-0.15, -0.1) is 0 Å². The molecule has 0 atom stereocenters. The van der Waals surface area contributed by atoms with Gasteiger partial charge in [0.2, 0.25) is 0 Å². The highest BCUT2D eigenvalue weighted by molar-refractivity contribution is 5.87. The zero-order valence-corrected chi connectivity index (χ0v) is 9.62. The highest BCUT2D eigenvalue weighted by atomic mass is 19.2. The van der Waals surface area contributed by atoms with E-state index in [1.165, 1.54) is 0 Å². The van der Waals surface area contributed by atoms with Crippen LogP contribution in [0, 0.1) is 23.3 Å². The minimum Gasteiger partial charge on any atom is -0.478 e. The third kappa shape index (κ3) is 2.53. The average Bonchev–Trinajstić information content (AvgIpc) is 2.42. The lowest BCUT2D eigenvalue weighted by Crippen LogP contribution is -2.05. The Balaban J connectivity index is 2.37. The van der Waals surface area contributed by atoms with Crippen molar-refractivity contribution in [3.63, 3.8) is 0 Å². The number of nitrogens with zero attached hydrogens (tertiary/aromatic N) is 1. The van der Waals surface area contributed by atoms with Gasteiger partial charge in [0.05, 0.1) is 5.56 Å². The maximum absolute atomic E-state index is 13.4.